The smallest absolute Gasteiger partial charge is 0.463 e. The van der Waals surface area contributed by atoms with Crippen LogP contribution in [0.25, 0.3) is 0 Å². The first kappa shape index (κ1) is 120. The van der Waals surface area contributed by atoms with Gasteiger partial charge in [0.2, 0.25) is 0 Å². The molecule has 0 rings (SSSR count). The number of carbonyl (C=O) groups excluding carboxylic acids is 3. The van der Waals surface area contributed by atoms with Crippen molar-refractivity contribution in [2.24, 2.45) is 0 Å². The monoisotopic (exact) mass is 1790 g/mol. The summed E-state index contributed by atoms with van der Waals surface area (Å²) in [5.41, 5.74) is 0. The van der Waals surface area contributed by atoms with Gasteiger partial charge in [-0.15, -0.1) is 0 Å². The van der Waals surface area contributed by atoms with E-state index in [-0.39, 0.29) is 19.3 Å². The van der Waals surface area contributed by atoms with Crippen LogP contribution in [-0.4, -0.2) is 95.9 Å². The molecular formula is C107H182O16P2. The van der Waals surface area contributed by atoms with E-state index in [1.807, 2.05) is 0 Å². The summed E-state index contributed by atoms with van der Waals surface area (Å²) in [7, 11) is -9.82. The van der Waals surface area contributed by atoms with Crippen molar-refractivity contribution < 1.29 is 75.8 Å². The Morgan fingerprint density at radius 2 is 0.424 bits per heavy atom. The van der Waals surface area contributed by atoms with E-state index in [0.717, 1.165) is 173 Å². The molecule has 0 amide bonds. The molecule has 0 aliphatic rings. The SMILES string of the molecule is CC/C=C\C/C=C\C/C=C\C/C=C\C/C=C\C/C=C\CCCCCCCCCCCCCCCCCCC(=O)OCC(O)COP(=O)(O)OCC(O)COP(=O)(O)OCC(COC(=O)CCCCCCCCCCCCCCCCCC/C=C\C/C=C\C/C=C\C/C=C\C/C=C\C/C=C\CC)OC(=O)CCCCCCCC/C=C\C/C=C\C/C=C\CCCCC. The number of rotatable bonds is 94. The highest BCUT2D eigenvalue weighted by atomic mass is 31.2. The van der Waals surface area contributed by atoms with Crippen molar-refractivity contribution >= 4 is 33.6 Å². The largest absolute Gasteiger partial charge is 0.472 e. The van der Waals surface area contributed by atoms with E-state index in [4.69, 9.17) is 32.3 Å². The molecule has 0 saturated carbocycles. The van der Waals surface area contributed by atoms with Crippen LogP contribution in [0.15, 0.2) is 182 Å². The fourth-order valence-electron chi connectivity index (χ4n) is 13.6. The first-order chi connectivity index (χ1) is 61.2. The van der Waals surface area contributed by atoms with Crippen LogP contribution in [0, 0.1) is 0 Å². The predicted octanol–water partition coefficient (Wildman–Crippen LogP) is 31.6. The van der Waals surface area contributed by atoms with Crippen LogP contribution in [0.4, 0.5) is 0 Å². The van der Waals surface area contributed by atoms with E-state index in [1.54, 1.807) is 0 Å². The summed E-state index contributed by atoms with van der Waals surface area (Å²) in [6.07, 6.45) is 130. The maximum absolute atomic E-state index is 13.1. The Balaban J connectivity index is 4.50. The molecule has 0 saturated heterocycles. The Kier molecular flexibility index (Phi) is 93.5. The zero-order valence-corrected chi connectivity index (χ0v) is 81.0. The van der Waals surface area contributed by atoms with E-state index in [0.29, 0.717) is 19.3 Å². The number of esters is 3. The molecule has 716 valence electrons. The Bertz CT molecular complexity index is 3000. The van der Waals surface area contributed by atoms with Gasteiger partial charge in [-0.2, -0.15) is 0 Å². The molecule has 5 unspecified atom stereocenters. The van der Waals surface area contributed by atoms with Crippen molar-refractivity contribution in [3.8, 4) is 0 Å². The summed E-state index contributed by atoms with van der Waals surface area (Å²) in [5, 5.41) is 20.8. The van der Waals surface area contributed by atoms with Gasteiger partial charge in [0.1, 0.15) is 25.4 Å². The standard InChI is InChI=1S/C107H182O16P2/c1-4-7-10-13-16-19-22-25-28-31-34-36-38-40-42-44-46-48-50-52-54-56-58-60-62-64-67-69-72-75-78-81-84-87-90-93-105(110)117-96-102(108)97-119-124(113,114)120-98-103(109)99-121-125(115,116)122-101-104(123-107(112)95-92-89-86-83-80-77-74-71-66-33-30-27-24-21-18-15-12-9-6-3)100-118-106(111)94-91-88-85-82-79-76-73-70-68-65-63-61-59-57-55-53-51-49-47-45-43-41-39-37-35-32-29-26-23-20-17-14-11-8-5-2/h7-8,10-11,16-21,25-30,34-37,40-43,46-49,66,71,102-104,108-109H,4-6,9,12-15,22-24,31-33,38-39,44-45,50-65,67-70,72-101H2,1-3H3,(H,113,114)(H,115,116)/b10-7-,11-8-,19-16-,20-17-,21-18-,28-25-,29-26-,30-27-,36-34-,37-35-,42-40-,43-41-,48-46-,49-47-,71-66-. The third-order valence-electron chi connectivity index (χ3n) is 21.1. The van der Waals surface area contributed by atoms with Gasteiger partial charge < -0.3 is 34.2 Å². The molecule has 0 heterocycles. The highest BCUT2D eigenvalue weighted by Crippen LogP contribution is 2.45. The molecular weight excluding hydrogens is 1600 g/mol. The minimum absolute atomic E-state index is 0.0880. The highest BCUT2D eigenvalue weighted by molar-refractivity contribution is 7.47. The van der Waals surface area contributed by atoms with Crippen LogP contribution in [0.1, 0.15) is 419 Å². The zero-order chi connectivity index (χ0) is 90.7. The van der Waals surface area contributed by atoms with Crippen molar-refractivity contribution in [3.05, 3.63) is 182 Å². The quantitative estimate of drug-likeness (QED) is 0.0146. The van der Waals surface area contributed by atoms with E-state index in [2.05, 4.69) is 203 Å². The Hall–Kier alpha value is -5.35. The third-order valence-corrected chi connectivity index (χ3v) is 23.0. The topological polar surface area (TPSA) is 231 Å². The molecule has 18 heteroatoms. The molecule has 5 atom stereocenters. The van der Waals surface area contributed by atoms with Gasteiger partial charge in [0, 0.05) is 19.3 Å². The van der Waals surface area contributed by atoms with E-state index < -0.39 is 91.5 Å². The molecule has 0 aromatic heterocycles. The number of unbranched alkanes of at least 4 members (excludes halogenated alkanes) is 41. The van der Waals surface area contributed by atoms with Gasteiger partial charge in [-0.25, -0.2) is 9.13 Å². The molecule has 0 aromatic carbocycles. The van der Waals surface area contributed by atoms with E-state index in [9.17, 15) is 43.5 Å². The molecule has 16 nitrogen and oxygen atoms in total. The summed E-state index contributed by atoms with van der Waals surface area (Å²) in [4.78, 5) is 59.1. The first-order valence-electron chi connectivity index (χ1n) is 50.1. The van der Waals surface area contributed by atoms with Gasteiger partial charge in [-0.05, 0) is 161 Å². The maximum Gasteiger partial charge on any atom is 0.472 e. The number of phosphoric acid groups is 2. The summed E-state index contributed by atoms with van der Waals surface area (Å²) in [5.74, 6) is -1.58. The molecule has 0 aliphatic heterocycles. The maximum atomic E-state index is 13.1. The zero-order valence-electron chi connectivity index (χ0n) is 79.2. The highest BCUT2D eigenvalue weighted by Gasteiger charge is 2.30. The van der Waals surface area contributed by atoms with Crippen LogP contribution < -0.4 is 0 Å². The molecule has 0 aromatic rings. The van der Waals surface area contributed by atoms with Crippen LogP contribution in [-0.2, 0) is 55.8 Å². The third kappa shape index (κ3) is 99.1. The number of hydrogen-bond donors (Lipinski definition) is 4. The predicted molar refractivity (Wildman–Crippen MR) is 528 cm³/mol. The lowest BCUT2D eigenvalue weighted by Crippen LogP contribution is -2.30. The van der Waals surface area contributed by atoms with Crippen LogP contribution in [0.5, 0.6) is 0 Å². The van der Waals surface area contributed by atoms with Crippen molar-refractivity contribution in [3.63, 3.8) is 0 Å². The van der Waals surface area contributed by atoms with Gasteiger partial charge in [0.15, 0.2) is 6.10 Å². The van der Waals surface area contributed by atoms with Gasteiger partial charge in [-0.3, -0.25) is 32.5 Å². The second-order valence-corrected chi connectivity index (χ2v) is 36.1. The lowest BCUT2D eigenvalue weighted by Gasteiger charge is -2.21. The normalized spacial score (nSPS) is 14.5. The summed E-state index contributed by atoms with van der Waals surface area (Å²) in [6.45, 7) is 2.47. The summed E-state index contributed by atoms with van der Waals surface area (Å²) >= 11 is 0. The lowest BCUT2D eigenvalue weighted by molar-refractivity contribution is -0.161. The molecule has 0 spiro atoms. The minimum Gasteiger partial charge on any atom is -0.463 e. The second kappa shape index (κ2) is 97.7. The van der Waals surface area contributed by atoms with Crippen molar-refractivity contribution in [1.82, 2.24) is 0 Å². The Morgan fingerprint density at radius 1 is 0.232 bits per heavy atom. The second-order valence-electron chi connectivity index (χ2n) is 33.2. The van der Waals surface area contributed by atoms with E-state index in [1.165, 1.54) is 186 Å². The van der Waals surface area contributed by atoms with Crippen LogP contribution >= 0.6 is 15.6 Å². The van der Waals surface area contributed by atoms with Gasteiger partial charge in [-0.1, -0.05) is 421 Å². The molecule has 125 heavy (non-hydrogen) atoms. The lowest BCUT2D eigenvalue weighted by atomic mass is 10.0. The van der Waals surface area contributed by atoms with E-state index >= 15 is 0 Å². The summed E-state index contributed by atoms with van der Waals surface area (Å²) in [6, 6.07) is 0. The van der Waals surface area contributed by atoms with Gasteiger partial charge in [0.05, 0.1) is 26.4 Å². The average molecular weight is 1790 g/mol. The van der Waals surface area contributed by atoms with Gasteiger partial charge >= 0.3 is 33.6 Å². The molecule has 0 fully saturated rings. The Morgan fingerprint density at radius 3 is 0.672 bits per heavy atom. The number of aliphatic hydroxyl groups is 2. The number of aliphatic hydroxyl groups excluding tert-OH is 2. The van der Waals surface area contributed by atoms with Gasteiger partial charge in [0.25, 0.3) is 0 Å². The molecule has 0 aliphatic carbocycles. The fraction of sp³-hybridized carbons (Fsp3) is 0.692. The first-order valence-corrected chi connectivity index (χ1v) is 53.1. The molecule has 4 N–H and O–H groups in total. The molecule has 0 radical (unpaired) electrons. The van der Waals surface area contributed by atoms with Crippen LogP contribution in [0.3, 0.4) is 0 Å². The fourth-order valence-corrected chi connectivity index (χ4v) is 15.2. The van der Waals surface area contributed by atoms with Crippen LogP contribution in [0.2, 0.25) is 0 Å². The number of ether oxygens (including phenoxy) is 3. The number of hydrogen-bond acceptors (Lipinski definition) is 14. The Labute approximate surface area is 764 Å². The summed E-state index contributed by atoms with van der Waals surface area (Å²) < 4.78 is 61.6. The van der Waals surface area contributed by atoms with Crippen molar-refractivity contribution in [1.29, 1.82) is 0 Å². The molecule has 0 bridgehead atoms. The number of allylic oxidation sites excluding steroid dienone is 30. The number of carbonyl (C=O) groups is 3. The average Bonchev–Trinajstić information content (AvgIpc) is 0.893. The minimum atomic E-state index is -4.95. The number of phosphoric ester groups is 2. The van der Waals surface area contributed by atoms with Crippen molar-refractivity contribution in [2.75, 3.05) is 39.6 Å². The van der Waals surface area contributed by atoms with Crippen molar-refractivity contribution in [2.45, 2.75) is 437 Å².